The summed E-state index contributed by atoms with van der Waals surface area (Å²) < 4.78 is 3.87. The summed E-state index contributed by atoms with van der Waals surface area (Å²) in [6, 6.07) is 2.85. The maximum atomic E-state index is 7.91. The number of hydrogen-bond acceptors (Lipinski definition) is 5. The largest absolute Gasteiger partial charge is 0.388 e. The van der Waals surface area contributed by atoms with Gasteiger partial charge in [0.05, 0.1) is 41.5 Å². The molecule has 0 saturated heterocycles. The summed E-state index contributed by atoms with van der Waals surface area (Å²) >= 11 is 0. The maximum absolute atomic E-state index is 7.91. The number of allylic oxidation sites excluding steroid dienone is 1. The molecular formula is C22H29N7. The van der Waals surface area contributed by atoms with Gasteiger partial charge in [-0.05, 0) is 31.7 Å². The Balaban J connectivity index is 1.72. The van der Waals surface area contributed by atoms with Crippen LogP contribution in [0.1, 0.15) is 64.1 Å². The Morgan fingerprint density at radius 3 is 2.76 bits per heavy atom. The summed E-state index contributed by atoms with van der Waals surface area (Å²) in [4.78, 5) is 4.91. The molecule has 0 unspecified atom stereocenters. The zero-order chi connectivity index (χ0) is 20.2. The SMILES string of the molecule is CCC(CC)n1cc(-c2nc(/C(C=N)=C/NC3CCCC3)cn3nccc23)cn1. The summed E-state index contributed by atoms with van der Waals surface area (Å²) in [5, 5.41) is 20.4. The van der Waals surface area contributed by atoms with E-state index in [1.165, 1.54) is 31.9 Å². The van der Waals surface area contributed by atoms with Crippen LogP contribution >= 0.6 is 0 Å². The molecule has 0 aliphatic heterocycles. The van der Waals surface area contributed by atoms with Gasteiger partial charge < -0.3 is 10.7 Å². The average molecular weight is 392 g/mol. The van der Waals surface area contributed by atoms with Gasteiger partial charge >= 0.3 is 0 Å². The molecule has 29 heavy (non-hydrogen) atoms. The van der Waals surface area contributed by atoms with Crippen molar-refractivity contribution in [1.29, 1.82) is 5.41 Å². The van der Waals surface area contributed by atoms with E-state index in [4.69, 9.17) is 10.4 Å². The van der Waals surface area contributed by atoms with Crippen LogP contribution in [0.5, 0.6) is 0 Å². The molecule has 3 aromatic rings. The van der Waals surface area contributed by atoms with Gasteiger partial charge in [0.25, 0.3) is 0 Å². The van der Waals surface area contributed by atoms with Gasteiger partial charge in [0.15, 0.2) is 0 Å². The van der Waals surface area contributed by atoms with Crippen molar-refractivity contribution < 1.29 is 0 Å². The number of hydrogen-bond donors (Lipinski definition) is 2. The lowest BCUT2D eigenvalue weighted by Crippen LogP contribution is -2.20. The molecule has 1 saturated carbocycles. The number of rotatable bonds is 8. The Morgan fingerprint density at radius 1 is 1.24 bits per heavy atom. The van der Waals surface area contributed by atoms with Crippen LogP contribution in [0.3, 0.4) is 0 Å². The molecule has 0 spiro atoms. The van der Waals surface area contributed by atoms with E-state index in [1.54, 1.807) is 6.20 Å². The molecule has 7 nitrogen and oxygen atoms in total. The third kappa shape index (κ3) is 3.95. The highest BCUT2D eigenvalue weighted by atomic mass is 15.3. The van der Waals surface area contributed by atoms with Crippen molar-refractivity contribution in [3.05, 3.63) is 42.7 Å². The Bertz CT molecular complexity index is 1000. The number of aromatic nitrogens is 5. The van der Waals surface area contributed by atoms with Crippen LogP contribution in [0, 0.1) is 5.41 Å². The molecule has 3 heterocycles. The predicted molar refractivity (Wildman–Crippen MR) is 116 cm³/mol. The maximum Gasteiger partial charge on any atom is 0.0999 e. The van der Waals surface area contributed by atoms with Crippen molar-refractivity contribution in [2.24, 2.45) is 0 Å². The highest BCUT2D eigenvalue weighted by molar-refractivity contribution is 6.07. The third-order valence-electron chi connectivity index (χ3n) is 5.86. The van der Waals surface area contributed by atoms with E-state index in [1.807, 2.05) is 33.9 Å². The zero-order valence-electron chi connectivity index (χ0n) is 17.2. The van der Waals surface area contributed by atoms with Crippen LogP contribution in [-0.4, -0.2) is 36.6 Å². The molecule has 7 heteroatoms. The first-order chi connectivity index (χ1) is 14.2. The zero-order valence-corrected chi connectivity index (χ0v) is 17.2. The van der Waals surface area contributed by atoms with Crippen LogP contribution in [0.25, 0.3) is 22.3 Å². The molecule has 0 radical (unpaired) electrons. The molecule has 4 rings (SSSR count). The topological polar surface area (TPSA) is 83.9 Å². The van der Waals surface area contributed by atoms with Crippen LogP contribution in [0.2, 0.25) is 0 Å². The van der Waals surface area contributed by atoms with Crippen molar-refractivity contribution in [3.8, 4) is 11.3 Å². The number of nitrogens with one attached hydrogen (secondary N) is 2. The summed E-state index contributed by atoms with van der Waals surface area (Å²) in [6.45, 7) is 4.37. The average Bonchev–Trinajstić information content (AvgIpc) is 3.50. The van der Waals surface area contributed by atoms with Crippen molar-refractivity contribution >= 4 is 17.3 Å². The molecule has 1 fully saturated rings. The van der Waals surface area contributed by atoms with Crippen LogP contribution in [0.15, 0.2) is 37.1 Å². The highest BCUT2D eigenvalue weighted by Gasteiger charge is 2.16. The Labute approximate surface area is 171 Å². The van der Waals surface area contributed by atoms with Crippen molar-refractivity contribution in [3.63, 3.8) is 0 Å². The Hall–Kier alpha value is -2.96. The molecule has 0 aromatic carbocycles. The van der Waals surface area contributed by atoms with Gasteiger partial charge in [-0.3, -0.25) is 4.68 Å². The molecule has 152 valence electrons. The van der Waals surface area contributed by atoms with E-state index in [-0.39, 0.29) is 0 Å². The van der Waals surface area contributed by atoms with Gasteiger partial charge in [-0.2, -0.15) is 10.2 Å². The van der Waals surface area contributed by atoms with Gasteiger partial charge in [0.2, 0.25) is 0 Å². The number of fused-ring (bicyclic) bond motifs is 1. The first-order valence-electron chi connectivity index (χ1n) is 10.6. The van der Waals surface area contributed by atoms with E-state index < -0.39 is 0 Å². The lowest BCUT2D eigenvalue weighted by molar-refractivity contribution is 0.428. The lowest BCUT2D eigenvalue weighted by atomic mass is 10.1. The fourth-order valence-electron chi connectivity index (χ4n) is 4.09. The van der Waals surface area contributed by atoms with E-state index in [0.29, 0.717) is 12.1 Å². The molecule has 1 aliphatic rings. The second kappa shape index (κ2) is 8.59. The van der Waals surface area contributed by atoms with Crippen LogP contribution in [0.4, 0.5) is 0 Å². The van der Waals surface area contributed by atoms with Gasteiger partial charge in [-0.15, -0.1) is 0 Å². The monoisotopic (exact) mass is 391 g/mol. The molecular weight excluding hydrogens is 362 g/mol. The Kier molecular flexibility index (Phi) is 5.74. The lowest BCUT2D eigenvalue weighted by Gasteiger charge is -2.12. The molecule has 1 aliphatic carbocycles. The summed E-state index contributed by atoms with van der Waals surface area (Å²) in [7, 11) is 0. The standard InChI is InChI=1S/C22H29N7/c1-3-19(4-2)28-14-17(13-26-28)22-21-9-10-25-29(21)15-20(27-22)16(11-23)12-24-18-7-5-6-8-18/h9-15,18-19,23-24H,3-8H2,1-2H3/b16-12+,23-11?. The second-order valence-corrected chi connectivity index (χ2v) is 7.71. The third-order valence-corrected chi connectivity index (χ3v) is 5.86. The summed E-state index contributed by atoms with van der Waals surface area (Å²) in [5.74, 6) is 0. The van der Waals surface area contributed by atoms with Gasteiger partial charge in [-0.1, -0.05) is 26.7 Å². The highest BCUT2D eigenvalue weighted by Crippen LogP contribution is 2.26. The van der Waals surface area contributed by atoms with E-state index in [9.17, 15) is 0 Å². The van der Waals surface area contributed by atoms with Crippen molar-refractivity contribution in [2.45, 2.75) is 64.5 Å². The minimum atomic E-state index is 0.389. The molecule has 3 aromatic heterocycles. The Morgan fingerprint density at radius 2 is 2.03 bits per heavy atom. The van der Waals surface area contributed by atoms with Gasteiger partial charge in [0.1, 0.15) is 0 Å². The van der Waals surface area contributed by atoms with Crippen LogP contribution < -0.4 is 5.32 Å². The van der Waals surface area contributed by atoms with Gasteiger partial charge in [0, 0.05) is 35.8 Å². The predicted octanol–water partition coefficient (Wildman–Crippen LogP) is 4.48. The summed E-state index contributed by atoms with van der Waals surface area (Å²) in [5.41, 5.74) is 4.23. The van der Waals surface area contributed by atoms with Crippen molar-refractivity contribution in [2.75, 3.05) is 0 Å². The van der Waals surface area contributed by atoms with Crippen molar-refractivity contribution in [1.82, 2.24) is 29.7 Å². The second-order valence-electron chi connectivity index (χ2n) is 7.71. The minimum absolute atomic E-state index is 0.389. The normalized spacial score (nSPS) is 15.5. The van der Waals surface area contributed by atoms with E-state index >= 15 is 0 Å². The molecule has 0 atom stereocenters. The first-order valence-corrected chi connectivity index (χ1v) is 10.6. The molecule has 2 N–H and O–H groups in total. The fourth-order valence-corrected chi connectivity index (χ4v) is 4.09. The number of nitrogens with zero attached hydrogens (tertiary/aromatic N) is 5. The first kappa shape index (κ1) is 19.4. The smallest absolute Gasteiger partial charge is 0.0999 e. The molecule has 0 bridgehead atoms. The summed E-state index contributed by atoms with van der Waals surface area (Å²) in [6.07, 6.45) is 17.9. The van der Waals surface area contributed by atoms with Crippen LogP contribution in [-0.2, 0) is 0 Å². The quantitative estimate of drug-likeness (QED) is 0.555. The van der Waals surface area contributed by atoms with Gasteiger partial charge in [-0.25, -0.2) is 9.50 Å². The fraction of sp³-hybridized carbons (Fsp3) is 0.455. The minimum Gasteiger partial charge on any atom is -0.388 e. The van der Waals surface area contributed by atoms with E-state index in [0.717, 1.165) is 40.9 Å². The molecule has 0 amide bonds. The van der Waals surface area contributed by atoms with E-state index in [2.05, 4.69) is 35.6 Å².